The lowest BCUT2D eigenvalue weighted by molar-refractivity contribution is -0.137. The quantitative estimate of drug-likeness (QED) is 0.474. The molecule has 1 aliphatic rings. The number of hydrogen-bond donors (Lipinski definition) is 2. The second kappa shape index (κ2) is 9.25. The highest BCUT2D eigenvalue weighted by molar-refractivity contribution is 7.93. The van der Waals surface area contributed by atoms with Gasteiger partial charge >= 0.3 is 6.18 Å². The number of nitrogens with one attached hydrogen (secondary N) is 1. The van der Waals surface area contributed by atoms with Gasteiger partial charge in [0.2, 0.25) is 21.9 Å². The van der Waals surface area contributed by atoms with Gasteiger partial charge in [-0.2, -0.15) is 13.2 Å². The molecule has 1 saturated carbocycles. The minimum atomic E-state index is -4.58. The average molecular weight is 506 g/mol. The van der Waals surface area contributed by atoms with Gasteiger partial charge in [-0.3, -0.25) is 14.5 Å². The van der Waals surface area contributed by atoms with Crippen LogP contribution in [0.2, 0.25) is 0 Å². The lowest BCUT2D eigenvalue weighted by Gasteiger charge is -2.21. The summed E-state index contributed by atoms with van der Waals surface area (Å²) in [7, 11) is -3.59. The van der Waals surface area contributed by atoms with Gasteiger partial charge in [-0.05, 0) is 54.7 Å². The molecule has 8 nitrogen and oxygen atoms in total. The number of benzene rings is 1. The van der Waals surface area contributed by atoms with Crippen molar-refractivity contribution in [2.45, 2.75) is 43.5 Å². The number of nitrogens with zero attached hydrogens (tertiary/aromatic N) is 3. The summed E-state index contributed by atoms with van der Waals surface area (Å²) in [6, 6.07) is 7.05. The van der Waals surface area contributed by atoms with Gasteiger partial charge in [0.15, 0.2) is 0 Å². The molecule has 4 rings (SSSR count). The van der Waals surface area contributed by atoms with Crippen LogP contribution in [0.25, 0.3) is 11.1 Å². The molecule has 1 unspecified atom stereocenters. The van der Waals surface area contributed by atoms with Crippen molar-refractivity contribution in [3.05, 3.63) is 71.3 Å². The largest absolute Gasteiger partial charge is 0.417 e. The van der Waals surface area contributed by atoms with Crippen molar-refractivity contribution in [2.24, 2.45) is 5.73 Å². The Morgan fingerprint density at radius 1 is 1.20 bits per heavy atom. The minimum absolute atomic E-state index is 0.0961. The Labute approximate surface area is 199 Å². The third-order valence-corrected chi connectivity index (χ3v) is 7.54. The summed E-state index contributed by atoms with van der Waals surface area (Å²) in [5.74, 6) is -1.30. The van der Waals surface area contributed by atoms with Gasteiger partial charge in [0.25, 0.3) is 0 Å². The lowest BCUT2D eigenvalue weighted by Crippen LogP contribution is -2.19. The smallest absolute Gasteiger partial charge is 0.366 e. The van der Waals surface area contributed by atoms with E-state index in [4.69, 9.17) is 5.73 Å². The van der Waals surface area contributed by atoms with Gasteiger partial charge in [-0.25, -0.2) is 18.4 Å². The van der Waals surface area contributed by atoms with Gasteiger partial charge in [0, 0.05) is 35.6 Å². The van der Waals surface area contributed by atoms with Gasteiger partial charge in [0.05, 0.1) is 16.5 Å². The van der Waals surface area contributed by atoms with Crippen LogP contribution in [0.3, 0.4) is 0 Å². The number of primary amides is 1. The SMILES string of the molecule is CCC(c1ccnc(NS(=O)(=O)C2CC2)n1)c1cc(C(N)=O)ccc1-c1cncc(C(F)(F)F)c1. The van der Waals surface area contributed by atoms with Crippen LogP contribution in [0.1, 0.15) is 59.3 Å². The number of sulfonamides is 1. The molecule has 1 aliphatic carbocycles. The summed E-state index contributed by atoms with van der Waals surface area (Å²) in [6.07, 6.45) is 0.441. The van der Waals surface area contributed by atoms with Gasteiger partial charge < -0.3 is 5.73 Å². The first-order valence-electron chi connectivity index (χ1n) is 10.8. The zero-order valence-corrected chi connectivity index (χ0v) is 19.4. The van der Waals surface area contributed by atoms with Gasteiger partial charge in [-0.1, -0.05) is 13.0 Å². The maximum atomic E-state index is 13.3. The number of hydrogen-bond acceptors (Lipinski definition) is 6. The molecule has 12 heteroatoms. The van der Waals surface area contributed by atoms with Crippen molar-refractivity contribution in [3.8, 4) is 11.1 Å². The predicted octanol–water partition coefficient (Wildman–Crippen LogP) is 4.10. The Bertz CT molecular complexity index is 1370. The number of aromatic nitrogens is 3. The molecule has 184 valence electrons. The standard InChI is InChI=1S/C23H22F3N5O3S/c1-2-17(20-7-8-29-22(30-20)31-35(33,34)16-4-5-16)19-10-13(21(27)32)3-6-18(19)14-9-15(12-28-11-14)23(24,25)26/h3,6-12,16-17H,2,4-5H2,1H3,(H2,27,32)(H,29,30,31). The Kier molecular flexibility index (Phi) is 6.50. The molecule has 0 radical (unpaired) electrons. The highest BCUT2D eigenvalue weighted by atomic mass is 32.2. The van der Waals surface area contributed by atoms with Crippen LogP contribution in [0.15, 0.2) is 48.9 Å². The van der Waals surface area contributed by atoms with Crippen molar-refractivity contribution >= 4 is 21.9 Å². The molecule has 0 aliphatic heterocycles. The zero-order chi connectivity index (χ0) is 25.4. The Morgan fingerprint density at radius 2 is 1.94 bits per heavy atom. The lowest BCUT2D eigenvalue weighted by atomic mass is 9.85. The number of carbonyl (C=O) groups excluding carboxylic acids is 1. The molecule has 3 aromatic rings. The highest BCUT2D eigenvalue weighted by Gasteiger charge is 2.36. The molecule has 1 amide bonds. The number of halogens is 3. The maximum Gasteiger partial charge on any atom is 0.417 e. The van der Waals surface area contributed by atoms with Crippen molar-refractivity contribution in [1.29, 1.82) is 0 Å². The fourth-order valence-electron chi connectivity index (χ4n) is 3.80. The van der Waals surface area contributed by atoms with E-state index >= 15 is 0 Å². The third-order valence-electron chi connectivity index (χ3n) is 5.73. The number of carbonyl (C=O) groups is 1. The van der Waals surface area contributed by atoms with E-state index in [0.29, 0.717) is 36.1 Å². The van der Waals surface area contributed by atoms with E-state index in [1.807, 2.05) is 6.92 Å². The highest BCUT2D eigenvalue weighted by Crippen LogP contribution is 2.38. The molecular weight excluding hydrogens is 483 g/mol. The number of pyridine rings is 1. The number of nitrogens with two attached hydrogens (primary N) is 1. The van der Waals surface area contributed by atoms with E-state index < -0.39 is 38.8 Å². The molecule has 0 bridgehead atoms. The summed E-state index contributed by atoms with van der Waals surface area (Å²) in [5, 5.41) is -0.469. The van der Waals surface area contributed by atoms with Crippen molar-refractivity contribution in [2.75, 3.05) is 4.72 Å². The van der Waals surface area contributed by atoms with Crippen LogP contribution in [-0.2, 0) is 16.2 Å². The van der Waals surface area contributed by atoms with E-state index in [2.05, 4.69) is 19.7 Å². The minimum Gasteiger partial charge on any atom is -0.366 e. The second-order valence-corrected chi connectivity index (χ2v) is 10.2. The third kappa shape index (κ3) is 5.42. The summed E-state index contributed by atoms with van der Waals surface area (Å²) >= 11 is 0. The fourth-order valence-corrected chi connectivity index (χ4v) is 5.08. The van der Waals surface area contributed by atoms with Crippen molar-refractivity contribution in [1.82, 2.24) is 15.0 Å². The van der Waals surface area contributed by atoms with E-state index in [1.165, 1.54) is 30.6 Å². The van der Waals surface area contributed by atoms with Crippen LogP contribution < -0.4 is 10.5 Å². The molecule has 2 aromatic heterocycles. The second-order valence-electron chi connectivity index (χ2n) is 8.24. The fraction of sp³-hybridized carbons (Fsp3) is 0.304. The summed E-state index contributed by atoms with van der Waals surface area (Å²) < 4.78 is 67.0. The maximum absolute atomic E-state index is 13.3. The summed E-state index contributed by atoms with van der Waals surface area (Å²) in [4.78, 5) is 24.0. The van der Waals surface area contributed by atoms with Crippen LogP contribution in [-0.4, -0.2) is 34.5 Å². The first-order valence-corrected chi connectivity index (χ1v) is 12.3. The summed E-state index contributed by atoms with van der Waals surface area (Å²) in [5.41, 5.74) is 6.27. The predicted molar refractivity (Wildman–Crippen MR) is 123 cm³/mol. The number of amides is 1. The molecule has 2 heterocycles. The van der Waals surface area contributed by atoms with Crippen LogP contribution in [0, 0.1) is 0 Å². The van der Waals surface area contributed by atoms with Crippen molar-refractivity contribution in [3.63, 3.8) is 0 Å². The van der Waals surface area contributed by atoms with Crippen LogP contribution in [0.4, 0.5) is 19.1 Å². The zero-order valence-electron chi connectivity index (χ0n) is 18.6. The number of anilines is 1. The molecule has 1 fully saturated rings. The number of alkyl halides is 3. The molecule has 0 saturated heterocycles. The normalized spacial score (nSPS) is 15.0. The monoisotopic (exact) mass is 505 g/mol. The van der Waals surface area contributed by atoms with E-state index in [1.54, 1.807) is 6.07 Å². The molecule has 0 spiro atoms. The van der Waals surface area contributed by atoms with Crippen LogP contribution in [0.5, 0.6) is 0 Å². The Hall–Kier alpha value is -3.54. The first kappa shape index (κ1) is 24.6. The first-order chi connectivity index (χ1) is 16.5. The van der Waals surface area contributed by atoms with Gasteiger partial charge in [0.1, 0.15) is 0 Å². The molecule has 1 atom stereocenters. The van der Waals surface area contributed by atoms with E-state index in [0.717, 1.165) is 12.3 Å². The Morgan fingerprint density at radius 3 is 2.57 bits per heavy atom. The molecule has 1 aromatic carbocycles. The van der Waals surface area contributed by atoms with E-state index in [9.17, 15) is 26.4 Å². The number of rotatable bonds is 8. The summed E-state index contributed by atoms with van der Waals surface area (Å²) in [6.45, 7) is 1.84. The Balaban J connectivity index is 1.81. The molecule has 3 N–H and O–H groups in total. The topological polar surface area (TPSA) is 128 Å². The van der Waals surface area contributed by atoms with Crippen LogP contribution >= 0.6 is 0 Å². The van der Waals surface area contributed by atoms with Gasteiger partial charge in [-0.15, -0.1) is 0 Å². The molecular formula is C23H22F3N5O3S. The van der Waals surface area contributed by atoms with E-state index in [-0.39, 0.29) is 17.1 Å². The molecule has 35 heavy (non-hydrogen) atoms. The average Bonchev–Trinajstić information content (AvgIpc) is 3.65. The van der Waals surface area contributed by atoms with Crippen molar-refractivity contribution < 1.29 is 26.4 Å².